The molecule has 0 radical (unpaired) electrons. The fraction of sp³-hybridized carbons (Fsp3) is 0.357. The normalized spacial score (nSPS) is 18.6. The summed E-state index contributed by atoms with van der Waals surface area (Å²) < 4.78 is 1.97. The summed E-state index contributed by atoms with van der Waals surface area (Å²) >= 11 is 2.01. The van der Waals surface area contributed by atoms with Gasteiger partial charge in [0.1, 0.15) is 0 Å². The summed E-state index contributed by atoms with van der Waals surface area (Å²) in [5.41, 5.74) is 2.95. The Bertz CT molecular complexity index is 496. The standard InChI is InChI=1S/C14H17N3S/c1-2-5-13-12(4-1)10-18-11-14(13)15-7-9-17-8-3-6-16-17/h1-6,8,14-15H,7,9-11H2. The highest BCUT2D eigenvalue weighted by molar-refractivity contribution is 7.98. The van der Waals surface area contributed by atoms with Crippen molar-refractivity contribution in [3.63, 3.8) is 0 Å². The monoisotopic (exact) mass is 259 g/mol. The van der Waals surface area contributed by atoms with Gasteiger partial charge in [-0.05, 0) is 17.2 Å². The van der Waals surface area contributed by atoms with Crippen LogP contribution in [0.5, 0.6) is 0 Å². The van der Waals surface area contributed by atoms with Gasteiger partial charge in [0.2, 0.25) is 0 Å². The average molecular weight is 259 g/mol. The number of aromatic nitrogens is 2. The summed E-state index contributed by atoms with van der Waals surface area (Å²) in [6.07, 6.45) is 3.83. The Morgan fingerprint density at radius 3 is 3.17 bits per heavy atom. The lowest BCUT2D eigenvalue weighted by molar-refractivity contribution is 0.508. The zero-order chi connectivity index (χ0) is 12.2. The van der Waals surface area contributed by atoms with E-state index in [0.717, 1.165) is 24.6 Å². The molecule has 18 heavy (non-hydrogen) atoms. The number of nitrogens with zero attached hydrogens (tertiary/aromatic N) is 2. The number of fused-ring (bicyclic) bond motifs is 1. The second-order valence-electron chi connectivity index (χ2n) is 4.49. The van der Waals surface area contributed by atoms with Gasteiger partial charge in [0, 0.05) is 36.5 Å². The smallest absolute Gasteiger partial charge is 0.0534 e. The molecule has 0 fully saturated rings. The van der Waals surface area contributed by atoms with Crippen LogP contribution in [0.25, 0.3) is 0 Å². The van der Waals surface area contributed by atoms with E-state index < -0.39 is 0 Å². The highest BCUT2D eigenvalue weighted by atomic mass is 32.2. The number of hydrogen-bond donors (Lipinski definition) is 1. The predicted octanol–water partition coefficient (Wildman–Crippen LogP) is 2.46. The molecule has 2 aromatic rings. The first-order valence-corrected chi connectivity index (χ1v) is 7.45. The van der Waals surface area contributed by atoms with E-state index in [0.29, 0.717) is 6.04 Å². The Hall–Kier alpha value is -1.26. The molecule has 0 aliphatic carbocycles. The van der Waals surface area contributed by atoms with Gasteiger partial charge < -0.3 is 5.32 Å². The predicted molar refractivity (Wildman–Crippen MR) is 75.6 cm³/mol. The van der Waals surface area contributed by atoms with Gasteiger partial charge in [0.15, 0.2) is 0 Å². The molecule has 1 aliphatic heterocycles. The lowest BCUT2D eigenvalue weighted by Crippen LogP contribution is -2.29. The van der Waals surface area contributed by atoms with Crippen LogP contribution in [-0.2, 0) is 12.3 Å². The van der Waals surface area contributed by atoms with Gasteiger partial charge in [-0.3, -0.25) is 4.68 Å². The van der Waals surface area contributed by atoms with Crippen LogP contribution < -0.4 is 5.32 Å². The van der Waals surface area contributed by atoms with Crippen molar-refractivity contribution in [1.82, 2.24) is 15.1 Å². The van der Waals surface area contributed by atoms with Crippen molar-refractivity contribution in [3.8, 4) is 0 Å². The van der Waals surface area contributed by atoms with Gasteiger partial charge in [-0.2, -0.15) is 16.9 Å². The molecular formula is C14H17N3S. The highest BCUT2D eigenvalue weighted by Crippen LogP contribution is 2.31. The minimum atomic E-state index is 0.482. The molecule has 1 atom stereocenters. The van der Waals surface area contributed by atoms with Crippen LogP contribution in [0.4, 0.5) is 0 Å². The van der Waals surface area contributed by atoms with E-state index in [1.54, 1.807) is 0 Å². The van der Waals surface area contributed by atoms with Gasteiger partial charge in [0.05, 0.1) is 6.54 Å². The van der Waals surface area contributed by atoms with Crippen molar-refractivity contribution in [1.29, 1.82) is 0 Å². The summed E-state index contributed by atoms with van der Waals surface area (Å²) in [6, 6.07) is 11.2. The Morgan fingerprint density at radius 1 is 1.33 bits per heavy atom. The third-order valence-corrected chi connectivity index (χ3v) is 4.35. The van der Waals surface area contributed by atoms with Crippen molar-refractivity contribution in [2.75, 3.05) is 12.3 Å². The molecule has 0 bridgehead atoms. The molecular weight excluding hydrogens is 242 g/mol. The van der Waals surface area contributed by atoms with Gasteiger partial charge in [0.25, 0.3) is 0 Å². The molecule has 1 unspecified atom stereocenters. The van der Waals surface area contributed by atoms with Crippen molar-refractivity contribution in [2.45, 2.75) is 18.3 Å². The molecule has 4 heteroatoms. The molecule has 1 aliphatic rings. The van der Waals surface area contributed by atoms with E-state index in [2.05, 4.69) is 34.7 Å². The van der Waals surface area contributed by atoms with Gasteiger partial charge in [-0.25, -0.2) is 0 Å². The molecule has 1 aromatic heterocycles. The number of nitrogens with one attached hydrogen (secondary N) is 1. The second-order valence-corrected chi connectivity index (χ2v) is 5.52. The second kappa shape index (κ2) is 5.59. The molecule has 3 rings (SSSR count). The van der Waals surface area contributed by atoms with Crippen LogP contribution in [0, 0.1) is 0 Å². The number of rotatable bonds is 4. The lowest BCUT2D eigenvalue weighted by atomic mass is 10.0. The Morgan fingerprint density at radius 2 is 2.28 bits per heavy atom. The summed E-state index contributed by atoms with van der Waals surface area (Å²) in [5, 5.41) is 7.85. The maximum absolute atomic E-state index is 4.21. The number of hydrogen-bond acceptors (Lipinski definition) is 3. The Labute approximate surface area is 112 Å². The first-order valence-electron chi connectivity index (χ1n) is 6.30. The largest absolute Gasteiger partial charge is 0.307 e. The first-order chi connectivity index (χ1) is 8.93. The topological polar surface area (TPSA) is 29.9 Å². The van der Waals surface area contributed by atoms with Crippen LogP contribution in [-0.4, -0.2) is 22.1 Å². The molecule has 0 saturated heterocycles. The third kappa shape index (κ3) is 2.60. The summed E-state index contributed by atoms with van der Waals surface area (Å²) in [7, 11) is 0. The quantitative estimate of drug-likeness (QED) is 0.914. The van der Waals surface area contributed by atoms with Crippen LogP contribution in [0.15, 0.2) is 42.7 Å². The Balaban J connectivity index is 1.60. The van der Waals surface area contributed by atoms with Crippen LogP contribution in [0.1, 0.15) is 17.2 Å². The average Bonchev–Trinajstić information content (AvgIpc) is 2.92. The van der Waals surface area contributed by atoms with Crippen molar-refractivity contribution in [2.24, 2.45) is 0 Å². The van der Waals surface area contributed by atoms with Crippen molar-refractivity contribution >= 4 is 11.8 Å². The van der Waals surface area contributed by atoms with Crippen LogP contribution in [0.2, 0.25) is 0 Å². The minimum Gasteiger partial charge on any atom is -0.307 e. The van der Waals surface area contributed by atoms with Gasteiger partial charge in [-0.15, -0.1) is 0 Å². The zero-order valence-corrected chi connectivity index (χ0v) is 11.1. The molecule has 94 valence electrons. The SMILES string of the molecule is c1ccc2c(c1)CSCC2NCCn1cccn1. The minimum absolute atomic E-state index is 0.482. The van der Waals surface area contributed by atoms with E-state index in [1.807, 2.05) is 34.9 Å². The van der Waals surface area contributed by atoms with Crippen LogP contribution in [0.3, 0.4) is 0 Å². The van der Waals surface area contributed by atoms with Crippen molar-refractivity contribution < 1.29 is 0 Å². The molecule has 0 saturated carbocycles. The summed E-state index contributed by atoms with van der Waals surface area (Å²) in [5.74, 6) is 2.31. The maximum Gasteiger partial charge on any atom is 0.0534 e. The lowest BCUT2D eigenvalue weighted by Gasteiger charge is -2.26. The van der Waals surface area contributed by atoms with Crippen molar-refractivity contribution in [3.05, 3.63) is 53.9 Å². The van der Waals surface area contributed by atoms with E-state index in [-0.39, 0.29) is 0 Å². The first kappa shape index (κ1) is 11.8. The van der Waals surface area contributed by atoms with E-state index in [9.17, 15) is 0 Å². The molecule has 3 nitrogen and oxygen atoms in total. The van der Waals surface area contributed by atoms with E-state index in [1.165, 1.54) is 11.1 Å². The molecule has 0 amide bonds. The van der Waals surface area contributed by atoms with Gasteiger partial charge in [-0.1, -0.05) is 24.3 Å². The fourth-order valence-corrected chi connectivity index (χ4v) is 3.47. The zero-order valence-electron chi connectivity index (χ0n) is 10.2. The Kier molecular flexibility index (Phi) is 3.67. The molecule has 2 heterocycles. The van der Waals surface area contributed by atoms with E-state index >= 15 is 0 Å². The summed E-state index contributed by atoms with van der Waals surface area (Å²) in [4.78, 5) is 0. The summed E-state index contributed by atoms with van der Waals surface area (Å²) in [6.45, 7) is 1.89. The fourth-order valence-electron chi connectivity index (χ4n) is 2.34. The number of thioether (sulfide) groups is 1. The van der Waals surface area contributed by atoms with Gasteiger partial charge >= 0.3 is 0 Å². The molecule has 1 N–H and O–H groups in total. The highest BCUT2D eigenvalue weighted by Gasteiger charge is 2.18. The van der Waals surface area contributed by atoms with Crippen LogP contribution >= 0.6 is 11.8 Å². The number of benzene rings is 1. The maximum atomic E-state index is 4.21. The molecule has 1 aromatic carbocycles. The molecule has 0 spiro atoms. The van der Waals surface area contributed by atoms with E-state index in [4.69, 9.17) is 0 Å². The third-order valence-electron chi connectivity index (χ3n) is 3.26.